The van der Waals surface area contributed by atoms with Crippen molar-refractivity contribution in [3.8, 4) is 5.88 Å². The van der Waals surface area contributed by atoms with Crippen LogP contribution in [0.15, 0.2) is 36.4 Å². The van der Waals surface area contributed by atoms with Crippen LogP contribution in [0.3, 0.4) is 0 Å². The largest absolute Gasteiger partial charge is 0.481 e. The van der Waals surface area contributed by atoms with Gasteiger partial charge in [0, 0.05) is 57.0 Å². The van der Waals surface area contributed by atoms with Gasteiger partial charge in [-0.05, 0) is 12.1 Å². The summed E-state index contributed by atoms with van der Waals surface area (Å²) < 4.78 is 31.9. The Hall–Kier alpha value is -2.05. The average molecular weight is 333 g/mol. The molecule has 0 amide bonds. The first kappa shape index (κ1) is 16.8. The monoisotopic (exact) mass is 333 g/mol. The van der Waals surface area contributed by atoms with Crippen molar-refractivity contribution >= 4 is 0 Å². The number of hydrogen-bond acceptors (Lipinski definition) is 4. The minimum atomic E-state index is -0.535. The summed E-state index contributed by atoms with van der Waals surface area (Å²) in [6, 6.07) is 9.54. The van der Waals surface area contributed by atoms with E-state index in [2.05, 4.69) is 14.8 Å². The molecular formula is C18H21F2N3O. The molecule has 2 heterocycles. The minimum Gasteiger partial charge on any atom is -0.481 e. The molecule has 1 aliphatic rings. The van der Waals surface area contributed by atoms with Gasteiger partial charge in [-0.25, -0.2) is 13.8 Å². The third-order valence-corrected chi connectivity index (χ3v) is 4.25. The van der Waals surface area contributed by atoms with Crippen molar-refractivity contribution in [2.24, 2.45) is 0 Å². The molecule has 0 atom stereocenters. The van der Waals surface area contributed by atoms with Crippen LogP contribution in [0.5, 0.6) is 5.88 Å². The number of hydrogen-bond donors (Lipinski definition) is 0. The standard InChI is InChI=1S/C18H21F2N3O/c1-24-18-4-2-3-16(21-18)13-23-9-7-22(8-10-23)12-14-5-6-15(19)11-17(14)20/h2-6,11H,7-10,12-13H2,1H3. The number of benzene rings is 1. The zero-order valence-electron chi connectivity index (χ0n) is 13.7. The van der Waals surface area contributed by atoms with Gasteiger partial charge in [-0.3, -0.25) is 9.80 Å². The Bertz CT molecular complexity index is 688. The molecule has 0 spiro atoms. The third kappa shape index (κ3) is 4.27. The summed E-state index contributed by atoms with van der Waals surface area (Å²) in [6.07, 6.45) is 0. The number of rotatable bonds is 5. The maximum absolute atomic E-state index is 13.7. The molecule has 0 unspecified atom stereocenters. The normalized spacial score (nSPS) is 16.3. The Morgan fingerprint density at radius 1 is 1.00 bits per heavy atom. The number of ether oxygens (including phenoxy) is 1. The van der Waals surface area contributed by atoms with Gasteiger partial charge >= 0.3 is 0 Å². The van der Waals surface area contributed by atoms with E-state index in [1.54, 1.807) is 7.11 Å². The topological polar surface area (TPSA) is 28.6 Å². The van der Waals surface area contributed by atoms with Crippen molar-refractivity contribution in [3.63, 3.8) is 0 Å². The molecule has 1 aromatic heterocycles. The Labute approximate surface area is 140 Å². The maximum atomic E-state index is 13.7. The summed E-state index contributed by atoms with van der Waals surface area (Å²) in [6.45, 7) is 4.76. The summed E-state index contributed by atoms with van der Waals surface area (Å²) in [7, 11) is 1.61. The molecule has 1 aromatic carbocycles. The van der Waals surface area contributed by atoms with E-state index in [4.69, 9.17) is 4.74 Å². The minimum absolute atomic E-state index is 0.474. The Kier molecular flexibility index (Phi) is 5.37. The lowest BCUT2D eigenvalue weighted by atomic mass is 10.1. The number of nitrogens with zero attached hydrogens (tertiary/aromatic N) is 3. The van der Waals surface area contributed by atoms with Gasteiger partial charge in [0.25, 0.3) is 0 Å². The summed E-state index contributed by atoms with van der Waals surface area (Å²) >= 11 is 0. The van der Waals surface area contributed by atoms with Crippen molar-refractivity contribution < 1.29 is 13.5 Å². The first-order valence-electron chi connectivity index (χ1n) is 8.02. The first-order chi connectivity index (χ1) is 11.6. The van der Waals surface area contributed by atoms with Crippen LogP contribution in [0.1, 0.15) is 11.3 Å². The van der Waals surface area contributed by atoms with E-state index in [0.717, 1.165) is 44.5 Å². The number of piperazine rings is 1. The van der Waals surface area contributed by atoms with Crippen molar-refractivity contribution in [3.05, 3.63) is 59.3 Å². The molecule has 1 aliphatic heterocycles. The van der Waals surface area contributed by atoms with Crippen molar-refractivity contribution in [1.29, 1.82) is 0 Å². The zero-order valence-corrected chi connectivity index (χ0v) is 13.7. The van der Waals surface area contributed by atoms with E-state index < -0.39 is 11.6 Å². The van der Waals surface area contributed by atoms with Gasteiger partial charge < -0.3 is 4.74 Å². The highest BCUT2D eigenvalue weighted by molar-refractivity contribution is 5.18. The van der Waals surface area contributed by atoms with Gasteiger partial charge in [-0.2, -0.15) is 0 Å². The van der Waals surface area contributed by atoms with Gasteiger partial charge in [-0.1, -0.05) is 12.1 Å². The Morgan fingerprint density at radius 2 is 1.71 bits per heavy atom. The van der Waals surface area contributed by atoms with Crippen LogP contribution < -0.4 is 4.74 Å². The molecule has 4 nitrogen and oxygen atoms in total. The van der Waals surface area contributed by atoms with Gasteiger partial charge in [-0.15, -0.1) is 0 Å². The van der Waals surface area contributed by atoms with E-state index in [-0.39, 0.29) is 0 Å². The summed E-state index contributed by atoms with van der Waals surface area (Å²) in [4.78, 5) is 8.93. The molecule has 6 heteroatoms. The fourth-order valence-electron chi connectivity index (χ4n) is 2.88. The molecule has 0 radical (unpaired) electrons. The van der Waals surface area contributed by atoms with Crippen LogP contribution in [0.2, 0.25) is 0 Å². The van der Waals surface area contributed by atoms with E-state index in [0.29, 0.717) is 18.0 Å². The van der Waals surface area contributed by atoms with Crippen LogP contribution in [0.25, 0.3) is 0 Å². The molecule has 1 fully saturated rings. The van der Waals surface area contributed by atoms with Crippen LogP contribution in [0, 0.1) is 11.6 Å². The van der Waals surface area contributed by atoms with E-state index >= 15 is 0 Å². The van der Waals surface area contributed by atoms with Gasteiger partial charge in [0.2, 0.25) is 5.88 Å². The van der Waals surface area contributed by atoms with Crippen LogP contribution >= 0.6 is 0 Å². The summed E-state index contributed by atoms with van der Waals surface area (Å²) in [5, 5.41) is 0. The predicted molar refractivity (Wildman–Crippen MR) is 87.7 cm³/mol. The quantitative estimate of drug-likeness (QED) is 0.841. The van der Waals surface area contributed by atoms with E-state index in [1.807, 2.05) is 18.2 Å². The van der Waals surface area contributed by atoms with Crippen molar-refractivity contribution in [2.45, 2.75) is 13.1 Å². The Morgan fingerprint density at radius 3 is 2.38 bits per heavy atom. The lowest BCUT2D eigenvalue weighted by molar-refractivity contribution is 0.120. The highest BCUT2D eigenvalue weighted by Crippen LogP contribution is 2.15. The van der Waals surface area contributed by atoms with Crippen molar-refractivity contribution in [2.75, 3.05) is 33.3 Å². The SMILES string of the molecule is COc1cccc(CN2CCN(Cc3ccc(F)cc3F)CC2)n1. The van der Waals surface area contributed by atoms with Gasteiger partial charge in [0.1, 0.15) is 11.6 Å². The van der Waals surface area contributed by atoms with Gasteiger partial charge in [0.05, 0.1) is 12.8 Å². The fourth-order valence-corrected chi connectivity index (χ4v) is 2.88. The van der Waals surface area contributed by atoms with E-state index in [1.165, 1.54) is 12.1 Å². The Balaban J connectivity index is 1.52. The van der Waals surface area contributed by atoms with Crippen LogP contribution in [-0.2, 0) is 13.1 Å². The fraction of sp³-hybridized carbons (Fsp3) is 0.389. The van der Waals surface area contributed by atoms with E-state index in [9.17, 15) is 8.78 Å². The highest BCUT2D eigenvalue weighted by Gasteiger charge is 2.18. The van der Waals surface area contributed by atoms with Crippen LogP contribution in [0.4, 0.5) is 8.78 Å². The second kappa shape index (κ2) is 7.68. The number of methoxy groups -OCH3 is 1. The molecule has 24 heavy (non-hydrogen) atoms. The molecule has 0 saturated carbocycles. The maximum Gasteiger partial charge on any atom is 0.213 e. The zero-order chi connectivity index (χ0) is 16.9. The smallest absolute Gasteiger partial charge is 0.213 e. The predicted octanol–water partition coefficient (Wildman–Crippen LogP) is 2.69. The molecule has 128 valence electrons. The molecular weight excluding hydrogens is 312 g/mol. The second-order valence-corrected chi connectivity index (χ2v) is 5.96. The molecule has 0 bridgehead atoms. The molecule has 2 aromatic rings. The average Bonchev–Trinajstić information content (AvgIpc) is 2.59. The van der Waals surface area contributed by atoms with Gasteiger partial charge in [0.15, 0.2) is 0 Å². The highest BCUT2D eigenvalue weighted by atomic mass is 19.1. The van der Waals surface area contributed by atoms with Crippen LogP contribution in [-0.4, -0.2) is 48.1 Å². The lowest BCUT2D eigenvalue weighted by Gasteiger charge is -2.34. The molecule has 3 rings (SSSR count). The first-order valence-corrected chi connectivity index (χ1v) is 8.02. The summed E-state index contributed by atoms with van der Waals surface area (Å²) in [5.74, 6) is -0.386. The molecule has 0 N–H and O–H groups in total. The lowest BCUT2D eigenvalue weighted by Crippen LogP contribution is -2.45. The number of aromatic nitrogens is 1. The van der Waals surface area contributed by atoms with Crippen molar-refractivity contribution in [1.82, 2.24) is 14.8 Å². The number of pyridine rings is 1. The molecule has 1 saturated heterocycles. The third-order valence-electron chi connectivity index (χ3n) is 4.25. The summed E-state index contributed by atoms with van der Waals surface area (Å²) in [5.41, 5.74) is 1.52. The number of halogens is 2. The second-order valence-electron chi connectivity index (χ2n) is 5.96. The molecule has 0 aliphatic carbocycles.